The van der Waals surface area contributed by atoms with Gasteiger partial charge < -0.3 is 14.9 Å². The highest BCUT2D eigenvalue weighted by atomic mass is 16.5. The van der Waals surface area contributed by atoms with E-state index in [9.17, 15) is 15.0 Å². The van der Waals surface area contributed by atoms with Gasteiger partial charge in [0.05, 0.1) is 6.21 Å². The Hall–Kier alpha value is -3.02. The molecule has 0 aliphatic heterocycles. The summed E-state index contributed by atoms with van der Waals surface area (Å²) in [5.74, 6) is 0.0505. The van der Waals surface area contributed by atoms with E-state index in [4.69, 9.17) is 4.74 Å². The average molecular weight is 328 g/mol. The summed E-state index contributed by atoms with van der Waals surface area (Å²) in [6.07, 6.45) is 1.32. The van der Waals surface area contributed by atoms with Gasteiger partial charge in [0.2, 0.25) is 0 Å². The lowest BCUT2D eigenvalue weighted by Gasteiger charge is -2.07. The van der Waals surface area contributed by atoms with E-state index in [1.807, 2.05) is 26.0 Å². The number of carbonyl (C=O) groups is 1. The van der Waals surface area contributed by atoms with Gasteiger partial charge in [0.1, 0.15) is 17.2 Å². The molecule has 126 valence electrons. The second-order valence-electron chi connectivity index (χ2n) is 5.52. The molecule has 6 nitrogen and oxygen atoms in total. The smallest absolute Gasteiger partial charge is 0.277 e. The third-order valence-corrected chi connectivity index (χ3v) is 3.58. The minimum Gasteiger partial charge on any atom is -0.508 e. The summed E-state index contributed by atoms with van der Waals surface area (Å²) >= 11 is 0. The van der Waals surface area contributed by atoms with Crippen molar-refractivity contribution in [1.82, 2.24) is 5.43 Å². The molecule has 24 heavy (non-hydrogen) atoms. The SMILES string of the molecule is Cc1ccc(OCC(=O)NN=Cc2c(C)cc(O)cc2O)cc1C. The van der Waals surface area contributed by atoms with Crippen molar-refractivity contribution in [1.29, 1.82) is 0 Å². The summed E-state index contributed by atoms with van der Waals surface area (Å²) in [6, 6.07) is 8.29. The summed E-state index contributed by atoms with van der Waals surface area (Å²) in [5, 5.41) is 22.9. The van der Waals surface area contributed by atoms with Gasteiger partial charge in [-0.3, -0.25) is 4.79 Å². The zero-order valence-electron chi connectivity index (χ0n) is 13.8. The van der Waals surface area contributed by atoms with E-state index in [-0.39, 0.29) is 18.1 Å². The van der Waals surface area contributed by atoms with Crippen LogP contribution >= 0.6 is 0 Å². The molecular formula is C18H20N2O4. The van der Waals surface area contributed by atoms with E-state index >= 15 is 0 Å². The number of ether oxygens (including phenoxy) is 1. The van der Waals surface area contributed by atoms with Crippen LogP contribution in [-0.2, 0) is 4.79 Å². The Morgan fingerprint density at radius 2 is 1.88 bits per heavy atom. The Kier molecular flexibility index (Phi) is 5.42. The molecular weight excluding hydrogens is 308 g/mol. The summed E-state index contributed by atoms with van der Waals surface area (Å²) < 4.78 is 5.40. The molecule has 0 aliphatic carbocycles. The zero-order chi connectivity index (χ0) is 17.7. The van der Waals surface area contributed by atoms with Crippen LogP contribution < -0.4 is 10.2 Å². The predicted molar refractivity (Wildman–Crippen MR) is 91.7 cm³/mol. The van der Waals surface area contributed by atoms with Crippen molar-refractivity contribution in [2.45, 2.75) is 20.8 Å². The first-order valence-corrected chi connectivity index (χ1v) is 7.41. The van der Waals surface area contributed by atoms with Gasteiger partial charge in [0.25, 0.3) is 5.91 Å². The fourth-order valence-electron chi connectivity index (χ4n) is 2.08. The number of hydrogen-bond donors (Lipinski definition) is 3. The van der Waals surface area contributed by atoms with Gasteiger partial charge >= 0.3 is 0 Å². The van der Waals surface area contributed by atoms with Crippen LogP contribution in [0.1, 0.15) is 22.3 Å². The quantitative estimate of drug-likeness (QED) is 0.581. The maximum Gasteiger partial charge on any atom is 0.277 e. The van der Waals surface area contributed by atoms with E-state index in [1.54, 1.807) is 13.0 Å². The summed E-state index contributed by atoms with van der Waals surface area (Å²) in [4.78, 5) is 11.7. The Bertz CT molecular complexity index is 762. The van der Waals surface area contributed by atoms with Crippen molar-refractivity contribution >= 4 is 12.1 Å². The first-order valence-electron chi connectivity index (χ1n) is 7.41. The molecule has 0 saturated heterocycles. The molecule has 0 unspecified atom stereocenters. The van der Waals surface area contributed by atoms with E-state index < -0.39 is 5.91 Å². The standard InChI is InChI=1S/C18H20N2O4/c1-11-4-5-15(7-12(11)2)24-10-18(23)20-19-9-16-13(3)6-14(21)8-17(16)22/h4-9,21-22H,10H2,1-3H3,(H,20,23). The summed E-state index contributed by atoms with van der Waals surface area (Å²) in [6.45, 7) is 5.52. The second-order valence-corrected chi connectivity index (χ2v) is 5.52. The number of aromatic hydroxyl groups is 2. The van der Waals surface area contributed by atoms with Crippen LogP contribution in [0.15, 0.2) is 35.4 Å². The molecule has 0 heterocycles. The van der Waals surface area contributed by atoms with Crippen molar-refractivity contribution in [2.24, 2.45) is 5.10 Å². The van der Waals surface area contributed by atoms with Crippen molar-refractivity contribution in [3.05, 3.63) is 52.6 Å². The number of phenols is 2. The molecule has 0 spiro atoms. The number of benzene rings is 2. The molecule has 0 fully saturated rings. The largest absolute Gasteiger partial charge is 0.508 e. The van der Waals surface area contributed by atoms with Gasteiger partial charge in [0.15, 0.2) is 6.61 Å². The fraction of sp³-hybridized carbons (Fsp3) is 0.222. The lowest BCUT2D eigenvalue weighted by molar-refractivity contribution is -0.123. The molecule has 0 aromatic heterocycles. The van der Waals surface area contributed by atoms with Crippen molar-refractivity contribution in [3.63, 3.8) is 0 Å². The number of hydrogen-bond acceptors (Lipinski definition) is 5. The number of carbonyl (C=O) groups excluding carboxylic acids is 1. The minimum absolute atomic E-state index is 0.0343. The van der Waals surface area contributed by atoms with Gasteiger partial charge in [-0.1, -0.05) is 6.07 Å². The number of phenolic OH excluding ortho intramolecular Hbond substituents is 2. The van der Waals surface area contributed by atoms with Crippen LogP contribution in [0.3, 0.4) is 0 Å². The van der Waals surface area contributed by atoms with Gasteiger partial charge in [-0.15, -0.1) is 0 Å². The molecule has 3 N–H and O–H groups in total. The van der Waals surface area contributed by atoms with Crippen LogP contribution in [0.4, 0.5) is 0 Å². The van der Waals surface area contributed by atoms with Gasteiger partial charge in [-0.2, -0.15) is 5.10 Å². The molecule has 6 heteroatoms. The van der Waals surface area contributed by atoms with Crippen LogP contribution in [0.25, 0.3) is 0 Å². The number of aryl methyl sites for hydroxylation is 3. The van der Waals surface area contributed by atoms with E-state index in [0.717, 1.165) is 11.1 Å². The highest BCUT2D eigenvalue weighted by Gasteiger charge is 2.06. The summed E-state index contributed by atoms with van der Waals surface area (Å²) in [7, 11) is 0. The monoisotopic (exact) mass is 328 g/mol. The molecule has 1 amide bonds. The second kappa shape index (κ2) is 7.50. The number of hydrazone groups is 1. The normalized spacial score (nSPS) is 10.8. The number of nitrogens with one attached hydrogen (secondary N) is 1. The van der Waals surface area contributed by atoms with Crippen molar-refractivity contribution in [2.75, 3.05) is 6.61 Å². The fourth-order valence-corrected chi connectivity index (χ4v) is 2.08. The topological polar surface area (TPSA) is 91.2 Å². The molecule has 2 aromatic rings. The van der Waals surface area contributed by atoms with Crippen molar-refractivity contribution < 1.29 is 19.7 Å². The Morgan fingerprint density at radius 1 is 1.12 bits per heavy atom. The maximum atomic E-state index is 11.7. The van der Waals surface area contributed by atoms with E-state index in [2.05, 4.69) is 10.5 Å². The molecule has 2 aromatic carbocycles. The van der Waals surface area contributed by atoms with Crippen LogP contribution in [-0.4, -0.2) is 28.9 Å². The first kappa shape index (κ1) is 17.3. The predicted octanol–water partition coefficient (Wildman–Crippen LogP) is 2.55. The highest BCUT2D eigenvalue weighted by molar-refractivity contribution is 5.87. The Morgan fingerprint density at radius 3 is 2.54 bits per heavy atom. The van der Waals surface area contributed by atoms with Crippen molar-refractivity contribution in [3.8, 4) is 17.2 Å². The van der Waals surface area contributed by atoms with Gasteiger partial charge in [-0.25, -0.2) is 5.43 Å². The number of amides is 1. The lowest BCUT2D eigenvalue weighted by atomic mass is 10.1. The van der Waals surface area contributed by atoms with Gasteiger partial charge in [-0.05, 0) is 55.7 Å². The average Bonchev–Trinajstić information content (AvgIpc) is 2.51. The first-order chi connectivity index (χ1) is 11.4. The third-order valence-electron chi connectivity index (χ3n) is 3.58. The van der Waals surface area contributed by atoms with Crippen LogP contribution in [0.5, 0.6) is 17.2 Å². The van der Waals surface area contributed by atoms with E-state index in [0.29, 0.717) is 16.9 Å². The maximum absolute atomic E-state index is 11.7. The summed E-state index contributed by atoms with van der Waals surface area (Å²) in [5.41, 5.74) is 5.62. The molecule has 2 rings (SSSR count). The van der Waals surface area contributed by atoms with Crippen LogP contribution in [0, 0.1) is 20.8 Å². The van der Waals surface area contributed by atoms with Gasteiger partial charge in [0, 0.05) is 11.6 Å². The number of nitrogens with zero attached hydrogens (tertiary/aromatic N) is 1. The van der Waals surface area contributed by atoms with Crippen LogP contribution in [0.2, 0.25) is 0 Å². The highest BCUT2D eigenvalue weighted by Crippen LogP contribution is 2.25. The minimum atomic E-state index is -0.416. The number of rotatable bonds is 5. The Labute approximate surface area is 140 Å². The molecule has 0 saturated carbocycles. The van der Waals surface area contributed by atoms with E-state index in [1.165, 1.54) is 18.3 Å². The molecule has 0 radical (unpaired) electrons. The Balaban J connectivity index is 1.90. The lowest BCUT2D eigenvalue weighted by Crippen LogP contribution is -2.24. The zero-order valence-corrected chi connectivity index (χ0v) is 13.8. The molecule has 0 aliphatic rings. The molecule has 0 atom stereocenters. The third kappa shape index (κ3) is 4.49. The molecule has 0 bridgehead atoms.